The van der Waals surface area contributed by atoms with Gasteiger partial charge in [-0.2, -0.15) is 9.57 Å². The van der Waals surface area contributed by atoms with Crippen LogP contribution in [0, 0.1) is 11.3 Å². The molecular formula is C22H22ClN3O4S. The molecule has 1 atom stereocenters. The van der Waals surface area contributed by atoms with Crippen LogP contribution in [0.1, 0.15) is 39.2 Å². The molecule has 0 aromatic heterocycles. The number of hydrogen-bond donors (Lipinski definition) is 0. The zero-order valence-electron chi connectivity index (χ0n) is 17.4. The number of rotatable bonds is 6. The van der Waals surface area contributed by atoms with Gasteiger partial charge in [0.1, 0.15) is 6.04 Å². The number of carbonyl (C=O) groups is 2. The Morgan fingerprint density at radius 2 is 1.71 bits per heavy atom. The van der Waals surface area contributed by atoms with Gasteiger partial charge in [-0.15, -0.1) is 0 Å². The standard InChI is InChI=1S/C22H22ClN3O4S/c1-4-22(2,3)26(31(29,30)18-11-7-16(23)8-12-18)19-13-20(27)25(21(19)28)17-9-5-15(14-24)6-10-17/h5-12,19H,4,13H2,1-3H3. The van der Waals surface area contributed by atoms with Crippen molar-refractivity contribution in [3.63, 3.8) is 0 Å². The first-order chi connectivity index (χ1) is 14.5. The Balaban J connectivity index is 2.06. The molecule has 2 aromatic carbocycles. The lowest BCUT2D eigenvalue weighted by Gasteiger charge is -2.39. The molecule has 1 heterocycles. The number of benzene rings is 2. The molecule has 0 spiro atoms. The summed E-state index contributed by atoms with van der Waals surface area (Å²) < 4.78 is 28.3. The lowest BCUT2D eigenvalue weighted by atomic mass is 10.00. The molecule has 1 unspecified atom stereocenters. The average Bonchev–Trinajstić information content (AvgIpc) is 3.01. The minimum absolute atomic E-state index is 0.00417. The van der Waals surface area contributed by atoms with Gasteiger partial charge in [-0.1, -0.05) is 18.5 Å². The SMILES string of the molecule is CCC(C)(C)N(C1CC(=O)N(c2ccc(C#N)cc2)C1=O)S(=O)(=O)c1ccc(Cl)cc1. The highest BCUT2D eigenvalue weighted by Gasteiger charge is 2.51. The van der Waals surface area contributed by atoms with Gasteiger partial charge in [-0.25, -0.2) is 13.3 Å². The van der Waals surface area contributed by atoms with Crippen molar-refractivity contribution in [1.29, 1.82) is 5.26 Å². The molecule has 162 valence electrons. The Morgan fingerprint density at radius 3 is 2.23 bits per heavy atom. The summed E-state index contributed by atoms with van der Waals surface area (Å²) in [5.41, 5.74) is -0.243. The second-order valence-corrected chi connectivity index (χ2v) is 10.1. The normalized spacial score (nSPS) is 17.3. The third-order valence-electron chi connectivity index (χ3n) is 5.49. The molecule has 1 saturated heterocycles. The zero-order valence-corrected chi connectivity index (χ0v) is 18.9. The van der Waals surface area contributed by atoms with Crippen LogP contribution in [0.25, 0.3) is 0 Å². The highest BCUT2D eigenvalue weighted by atomic mass is 35.5. The number of anilines is 1. The molecule has 2 amide bonds. The maximum Gasteiger partial charge on any atom is 0.252 e. The summed E-state index contributed by atoms with van der Waals surface area (Å²) in [5, 5.41) is 9.35. The molecule has 3 rings (SSSR count). The van der Waals surface area contributed by atoms with Gasteiger partial charge in [-0.3, -0.25) is 9.59 Å². The van der Waals surface area contributed by atoms with Gasteiger partial charge < -0.3 is 0 Å². The summed E-state index contributed by atoms with van der Waals surface area (Å²) in [6.07, 6.45) is 0.156. The molecule has 1 fully saturated rings. The fraction of sp³-hybridized carbons (Fsp3) is 0.318. The van der Waals surface area contributed by atoms with Crippen LogP contribution in [0.3, 0.4) is 0 Å². The van der Waals surface area contributed by atoms with E-state index in [2.05, 4.69) is 0 Å². The monoisotopic (exact) mass is 459 g/mol. The van der Waals surface area contributed by atoms with Crippen LogP contribution in [-0.2, 0) is 19.6 Å². The number of nitrogens with zero attached hydrogens (tertiary/aromatic N) is 3. The number of amides is 2. The van der Waals surface area contributed by atoms with E-state index in [9.17, 15) is 18.0 Å². The molecule has 1 aliphatic heterocycles. The lowest BCUT2D eigenvalue weighted by Crippen LogP contribution is -2.55. The second-order valence-electron chi connectivity index (χ2n) is 7.87. The van der Waals surface area contributed by atoms with Crippen LogP contribution >= 0.6 is 11.6 Å². The summed E-state index contributed by atoms with van der Waals surface area (Å²) in [6.45, 7) is 5.27. The Hall–Kier alpha value is -2.73. The molecule has 7 nitrogen and oxygen atoms in total. The van der Waals surface area contributed by atoms with Gasteiger partial charge >= 0.3 is 0 Å². The zero-order chi connectivity index (χ0) is 23.0. The number of halogens is 1. The molecule has 0 aliphatic carbocycles. The van der Waals surface area contributed by atoms with Gasteiger partial charge in [0.2, 0.25) is 15.9 Å². The fourth-order valence-electron chi connectivity index (χ4n) is 3.55. The molecule has 1 aliphatic rings. The summed E-state index contributed by atoms with van der Waals surface area (Å²) in [4.78, 5) is 27.1. The number of sulfonamides is 1. The van der Waals surface area contributed by atoms with E-state index in [1.807, 2.05) is 13.0 Å². The molecular weight excluding hydrogens is 438 g/mol. The first-order valence-corrected chi connectivity index (χ1v) is 11.5. The van der Waals surface area contributed by atoms with Crippen molar-refractivity contribution in [3.8, 4) is 6.07 Å². The lowest BCUT2D eigenvalue weighted by molar-refractivity contribution is -0.122. The number of imide groups is 1. The third-order valence-corrected chi connectivity index (χ3v) is 7.88. The van der Waals surface area contributed by atoms with Gasteiger partial charge in [0.05, 0.1) is 28.6 Å². The van der Waals surface area contributed by atoms with Crippen LogP contribution < -0.4 is 4.90 Å². The summed E-state index contributed by atoms with van der Waals surface area (Å²) in [5.74, 6) is -1.11. The Bertz CT molecular complexity index is 1150. The molecule has 31 heavy (non-hydrogen) atoms. The molecule has 2 aromatic rings. The fourth-order valence-corrected chi connectivity index (χ4v) is 5.66. The van der Waals surface area contributed by atoms with E-state index in [0.29, 0.717) is 22.7 Å². The molecule has 0 bridgehead atoms. The van der Waals surface area contributed by atoms with Crippen molar-refractivity contribution in [2.75, 3.05) is 4.90 Å². The maximum absolute atomic E-state index is 13.6. The largest absolute Gasteiger partial charge is 0.274 e. The van der Waals surface area contributed by atoms with E-state index in [0.717, 1.165) is 9.21 Å². The van der Waals surface area contributed by atoms with Crippen molar-refractivity contribution in [3.05, 3.63) is 59.1 Å². The summed E-state index contributed by atoms with van der Waals surface area (Å²) in [7, 11) is -4.11. The van der Waals surface area contributed by atoms with E-state index >= 15 is 0 Å². The van der Waals surface area contributed by atoms with E-state index in [4.69, 9.17) is 16.9 Å². The number of nitriles is 1. The van der Waals surface area contributed by atoms with E-state index in [-0.39, 0.29) is 11.3 Å². The van der Waals surface area contributed by atoms with Gasteiger partial charge in [0.15, 0.2) is 0 Å². The van der Waals surface area contributed by atoms with Crippen molar-refractivity contribution < 1.29 is 18.0 Å². The van der Waals surface area contributed by atoms with Crippen LogP contribution in [0.4, 0.5) is 5.69 Å². The molecule has 9 heteroatoms. The number of hydrogen-bond acceptors (Lipinski definition) is 5. The minimum atomic E-state index is -4.11. The number of carbonyl (C=O) groups excluding carboxylic acids is 2. The quantitative estimate of drug-likeness (QED) is 0.613. The van der Waals surface area contributed by atoms with E-state index in [1.54, 1.807) is 13.8 Å². The van der Waals surface area contributed by atoms with Crippen LogP contribution in [0.2, 0.25) is 5.02 Å². The topological polar surface area (TPSA) is 98.5 Å². The van der Waals surface area contributed by atoms with Gasteiger partial charge in [0, 0.05) is 10.6 Å². The van der Waals surface area contributed by atoms with E-state index < -0.39 is 33.4 Å². The predicted octanol–water partition coefficient (Wildman–Crippen LogP) is 3.72. The average molecular weight is 460 g/mol. The van der Waals surface area contributed by atoms with Gasteiger partial charge in [0.25, 0.3) is 5.91 Å². The van der Waals surface area contributed by atoms with Crippen LogP contribution in [-0.4, -0.2) is 36.1 Å². The third kappa shape index (κ3) is 4.22. The van der Waals surface area contributed by atoms with Gasteiger partial charge in [-0.05, 0) is 68.8 Å². The molecule has 0 N–H and O–H groups in total. The predicted molar refractivity (Wildman–Crippen MR) is 117 cm³/mol. The smallest absolute Gasteiger partial charge is 0.252 e. The maximum atomic E-state index is 13.6. The molecule has 0 saturated carbocycles. The van der Waals surface area contributed by atoms with Crippen LogP contribution in [0.15, 0.2) is 53.4 Å². The highest BCUT2D eigenvalue weighted by molar-refractivity contribution is 7.89. The second kappa shape index (κ2) is 8.42. The van der Waals surface area contributed by atoms with Crippen LogP contribution in [0.5, 0.6) is 0 Å². The Kier molecular flexibility index (Phi) is 6.23. The first kappa shape index (κ1) is 22.9. The molecule has 0 radical (unpaired) electrons. The highest BCUT2D eigenvalue weighted by Crippen LogP contribution is 2.36. The Labute approximate surface area is 186 Å². The van der Waals surface area contributed by atoms with Crippen molar-refractivity contribution >= 4 is 39.1 Å². The van der Waals surface area contributed by atoms with E-state index in [1.165, 1.54) is 48.5 Å². The van der Waals surface area contributed by atoms with Crippen molar-refractivity contribution in [2.24, 2.45) is 0 Å². The first-order valence-electron chi connectivity index (χ1n) is 9.70. The van der Waals surface area contributed by atoms with Crippen molar-refractivity contribution in [2.45, 2.75) is 50.1 Å². The summed E-state index contributed by atoms with van der Waals surface area (Å²) >= 11 is 5.90. The summed E-state index contributed by atoms with van der Waals surface area (Å²) in [6, 6.07) is 12.5. The Morgan fingerprint density at radius 1 is 1.13 bits per heavy atom. The minimum Gasteiger partial charge on any atom is -0.274 e. The van der Waals surface area contributed by atoms with Crippen molar-refractivity contribution in [1.82, 2.24) is 4.31 Å².